The lowest BCUT2D eigenvalue weighted by atomic mass is 9.84. The lowest BCUT2D eigenvalue weighted by Crippen LogP contribution is -2.55. The number of carbonyl (C=O) groups excluding carboxylic acids is 2. The van der Waals surface area contributed by atoms with Crippen molar-refractivity contribution in [2.24, 2.45) is 5.92 Å². The third kappa shape index (κ3) is 8.86. The summed E-state index contributed by atoms with van der Waals surface area (Å²) in [5.74, 6) is -1.24. The van der Waals surface area contributed by atoms with Gasteiger partial charge in [-0.3, -0.25) is 14.9 Å². The molecule has 11 nitrogen and oxygen atoms in total. The summed E-state index contributed by atoms with van der Waals surface area (Å²) < 4.78 is 14.0. The Morgan fingerprint density at radius 3 is 2.26 bits per heavy atom. The summed E-state index contributed by atoms with van der Waals surface area (Å²) >= 11 is 0. The van der Waals surface area contributed by atoms with Crippen LogP contribution in [0.25, 0.3) is 0 Å². The average molecular weight is 466 g/mol. The second-order valence-corrected chi connectivity index (χ2v) is 8.97. The van der Waals surface area contributed by atoms with Gasteiger partial charge in [-0.2, -0.15) is 0 Å². The van der Waals surface area contributed by atoms with Gasteiger partial charge in [-0.15, -0.1) is 0 Å². The smallest absolute Gasteiger partial charge is 0.466 e. The molecule has 0 spiro atoms. The molecule has 1 heterocycles. The number of likely N-dealkylation sites (tertiary alicyclic amines) is 1. The summed E-state index contributed by atoms with van der Waals surface area (Å²) in [5, 5.41) is 12.7. The number of hydrogen-bond donors (Lipinski definition) is 5. The van der Waals surface area contributed by atoms with Crippen molar-refractivity contribution in [3.8, 4) is 0 Å². The summed E-state index contributed by atoms with van der Waals surface area (Å²) in [6, 6.07) is -1.92. The van der Waals surface area contributed by atoms with Crippen LogP contribution < -0.4 is 5.32 Å². The van der Waals surface area contributed by atoms with Gasteiger partial charge in [-0.25, -0.2) is 9.36 Å². The van der Waals surface area contributed by atoms with Gasteiger partial charge >= 0.3 is 19.8 Å². The molecule has 2 fully saturated rings. The maximum atomic E-state index is 13.1. The third-order valence-electron chi connectivity index (χ3n) is 5.60. The zero-order valence-corrected chi connectivity index (χ0v) is 19.2. The molecule has 12 heteroatoms. The molecule has 1 aliphatic heterocycles. The Morgan fingerprint density at radius 2 is 1.74 bits per heavy atom. The molecule has 0 radical (unpaired) electrons. The fraction of sp³-hybridized carbons (Fsp3) is 0.842. The number of carboxylic acids is 1. The fourth-order valence-corrected chi connectivity index (χ4v) is 4.39. The molecule has 1 saturated heterocycles. The van der Waals surface area contributed by atoms with E-state index in [9.17, 15) is 19.5 Å². The summed E-state index contributed by atoms with van der Waals surface area (Å²) in [6.45, 7) is 5.72. The number of rotatable bonds is 8. The van der Waals surface area contributed by atoms with E-state index in [1.165, 1.54) is 0 Å². The van der Waals surface area contributed by atoms with Crippen molar-refractivity contribution >= 4 is 25.7 Å². The first-order valence-corrected chi connectivity index (χ1v) is 12.2. The van der Waals surface area contributed by atoms with Crippen LogP contribution in [-0.2, 0) is 23.7 Å². The fourth-order valence-electron chi connectivity index (χ4n) is 4.39. The number of ether oxygens (including phenoxy) is 1. The van der Waals surface area contributed by atoms with Gasteiger partial charge in [0.1, 0.15) is 12.1 Å². The molecule has 0 aromatic carbocycles. The average Bonchev–Trinajstić information content (AvgIpc) is 3.05. The second-order valence-electron chi connectivity index (χ2n) is 7.94. The molecule has 180 valence electrons. The van der Waals surface area contributed by atoms with Crippen LogP contribution in [0.4, 0.5) is 0 Å². The van der Waals surface area contributed by atoms with E-state index in [4.69, 9.17) is 24.0 Å². The van der Waals surface area contributed by atoms with Gasteiger partial charge in [-0.05, 0) is 45.4 Å². The molecule has 0 unspecified atom stereocenters. The zero-order valence-electron chi connectivity index (χ0n) is 18.3. The number of carbonyl (C=O) groups is 3. The number of aliphatic carboxylic acids is 1. The number of nitrogens with zero attached hydrogens (tertiary/aromatic N) is 1. The molecule has 1 saturated carbocycles. The van der Waals surface area contributed by atoms with E-state index in [1.54, 1.807) is 18.7 Å². The Balaban J connectivity index is 0.000000861. The van der Waals surface area contributed by atoms with E-state index >= 15 is 0 Å². The lowest BCUT2D eigenvalue weighted by Gasteiger charge is -2.35. The molecule has 2 rings (SSSR count). The van der Waals surface area contributed by atoms with Gasteiger partial charge in [-0.1, -0.05) is 26.2 Å². The minimum absolute atomic E-state index is 0.00817. The first-order chi connectivity index (χ1) is 14.4. The summed E-state index contributed by atoms with van der Waals surface area (Å²) in [5.41, 5.74) is 0. The van der Waals surface area contributed by atoms with Gasteiger partial charge in [0.15, 0.2) is 0 Å². The molecular formula is C19H35N2O9P. The van der Waals surface area contributed by atoms with Crippen LogP contribution in [0.2, 0.25) is 0 Å². The molecule has 0 aromatic rings. The minimum atomic E-state index is -4.64. The molecule has 5 atom stereocenters. The van der Waals surface area contributed by atoms with Crippen LogP contribution in [-0.4, -0.2) is 73.3 Å². The predicted molar refractivity (Wildman–Crippen MR) is 111 cm³/mol. The standard InChI is InChI=1S/C19H32N2O5.H3O4P/c1-4-8-14(19(25)26-5-2)20-12(3)17(22)21-15-10-7-6-9-13(15)11-16(21)18(23)24;1-5(2,3)4/h12-16,20H,4-11H2,1-3H3,(H,23,24);(H3,1,2,3,4)/t12-,13-,14-,15-,16-;/m0./s1. The molecule has 0 bridgehead atoms. The number of phosphoric acid groups is 1. The van der Waals surface area contributed by atoms with Crippen LogP contribution in [0.3, 0.4) is 0 Å². The SMILES string of the molecule is CCC[C@H](N[C@@H](C)C(=O)N1[C@H](C(=O)O)C[C@@H]2CCCC[C@@H]21)C(=O)OCC.O=P(O)(O)O. The van der Waals surface area contributed by atoms with Gasteiger partial charge < -0.3 is 29.4 Å². The van der Waals surface area contributed by atoms with E-state index < -0.39 is 31.9 Å². The zero-order chi connectivity index (χ0) is 23.8. The van der Waals surface area contributed by atoms with Crippen LogP contribution >= 0.6 is 7.82 Å². The van der Waals surface area contributed by atoms with Crippen LogP contribution in [0.15, 0.2) is 0 Å². The maximum absolute atomic E-state index is 13.1. The second kappa shape index (κ2) is 12.5. The Kier molecular flexibility index (Phi) is 11.1. The van der Waals surface area contributed by atoms with Crippen molar-refractivity contribution in [1.82, 2.24) is 10.2 Å². The molecule has 1 aliphatic carbocycles. The first kappa shape index (κ1) is 27.5. The number of carboxylic acid groups (broad SMARTS) is 1. The van der Waals surface area contributed by atoms with Crippen LogP contribution in [0.5, 0.6) is 0 Å². The highest BCUT2D eigenvalue weighted by Crippen LogP contribution is 2.40. The maximum Gasteiger partial charge on any atom is 0.466 e. The number of nitrogens with one attached hydrogen (secondary N) is 1. The Morgan fingerprint density at radius 1 is 1.16 bits per heavy atom. The van der Waals surface area contributed by atoms with Crippen LogP contribution in [0, 0.1) is 5.92 Å². The quantitative estimate of drug-likeness (QED) is 0.256. The van der Waals surface area contributed by atoms with Crippen LogP contribution in [0.1, 0.15) is 65.7 Å². The number of hydrogen-bond acceptors (Lipinski definition) is 6. The highest BCUT2D eigenvalue weighted by molar-refractivity contribution is 7.45. The topological polar surface area (TPSA) is 174 Å². The number of fused-ring (bicyclic) bond motifs is 1. The largest absolute Gasteiger partial charge is 0.480 e. The normalized spacial score (nSPS) is 25.0. The van der Waals surface area contributed by atoms with Gasteiger partial charge in [0, 0.05) is 6.04 Å². The van der Waals surface area contributed by atoms with E-state index in [2.05, 4.69) is 5.32 Å². The lowest BCUT2D eigenvalue weighted by molar-refractivity contribution is -0.152. The van der Waals surface area contributed by atoms with Crippen molar-refractivity contribution in [2.45, 2.75) is 89.9 Å². The van der Waals surface area contributed by atoms with E-state index in [0.717, 1.165) is 32.1 Å². The van der Waals surface area contributed by atoms with E-state index in [0.29, 0.717) is 19.4 Å². The number of amides is 1. The Labute approximate surface area is 182 Å². The van der Waals surface area contributed by atoms with Gasteiger partial charge in [0.25, 0.3) is 0 Å². The summed E-state index contributed by atoms with van der Waals surface area (Å²) in [6.07, 6.45) is 5.87. The van der Waals surface area contributed by atoms with Crippen molar-refractivity contribution in [3.05, 3.63) is 0 Å². The minimum Gasteiger partial charge on any atom is -0.480 e. The molecular weight excluding hydrogens is 431 g/mol. The molecule has 1 amide bonds. The molecule has 0 aromatic heterocycles. The van der Waals surface area contributed by atoms with Gasteiger partial charge in [0.05, 0.1) is 12.6 Å². The summed E-state index contributed by atoms with van der Waals surface area (Å²) in [4.78, 5) is 60.0. The highest BCUT2D eigenvalue weighted by atomic mass is 31.2. The van der Waals surface area contributed by atoms with Crippen molar-refractivity contribution in [3.63, 3.8) is 0 Å². The highest BCUT2D eigenvalue weighted by Gasteiger charge is 2.48. The monoisotopic (exact) mass is 466 g/mol. The van der Waals surface area contributed by atoms with E-state index in [1.807, 2.05) is 6.92 Å². The van der Waals surface area contributed by atoms with Crippen molar-refractivity contribution in [1.29, 1.82) is 0 Å². The molecule has 5 N–H and O–H groups in total. The summed E-state index contributed by atoms with van der Waals surface area (Å²) in [7, 11) is -4.64. The predicted octanol–water partition coefficient (Wildman–Crippen LogP) is 1.01. The van der Waals surface area contributed by atoms with Gasteiger partial charge in [0.2, 0.25) is 5.91 Å². The van der Waals surface area contributed by atoms with Crippen molar-refractivity contribution in [2.75, 3.05) is 6.61 Å². The molecule has 31 heavy (non-hydrogen) atoms. The van der Waals surface area contributed by atoms with E-state index in [-0.39, 0.29) is 23.8 Å². The first-order valence-electron chi connectivity index (χ1n) is 10.7. The van der Waals surface area contributed by atoms with Crippen molar-refractivity contribution < 1.29 is 43.5 Å². The Bertz CT molecular complexity index is 660. The Hall–Kier alpha value is -1.52. The third-order valence-corrected chi connectivity index (χ3v) is 5.60. The number of esters is 1. The molecule has 2 aliphatic rings.